The molecule has 0 saturated heterocycles. The van der Waals surface area contributed by atoms with Gasteiger partial charge in [0.15, 0.2) is 0 Å². The van der Waals surface area contributed by atoms with Gasteiger partial charge < -0.3 is 10.1 Å². The Bertz CT molecular complexity index is 195. The average Bonchev–Trinajstić information content (AvgIpc) is 2.40. The van der Waals surface area contributed by atoms with Gasteiger partial charge in [0, 0.05) is 13.2 Å². The van der Waals surface area contributed by atoms with Crippen molar-refractivity contribution in [2.24, 2.45) is 5.92 Å². The van der Waals surface area contributed by atoms with Gasteiger partial charge in [0.1, 0.15) is 0 Å². The first-order valence-electron chi connectivity index (χ1n) is 7.52. The van der Waals surface area contributed by atoms with E-state index in [1.54, 1.807) is 0 Å². The molecule has 1 N–H and O–H groups in total. The molecule has 2 heteroatoms. The van der Waals surface area contributed by atoms with Gasteiger partial charge in [0.25, 0.3) is 0 Å². The highest BCUT2D eigenvalue weighted by Gasteiger charge is 2.42. The normalized spacial score (nSPS) is 21.7. The number of methoxy groups -OCH3 is 1. The Morgan fingerprint density at radius 3 is 2.06 bits per heavy atom. The monoisotopic (exact) mass is 241 g/mol. The van der Waals surface area contributed by atoms with E-state index in [1.165, 1.54) is 44.9 Å². The highest BCUT2D eigenvalue weighted by molar-refractivity contribution is 4.98. The van der Waals surface area contributed by atoms with Gasteiger partial charge in [0.05, 0.1) is 5.60 Å². The third-order valence-electron chi connectivity index (χ3n) is 4.62. The van der Waals surface area contributed by atoms with Crippen LogP contribution in [-0.4, -0.2) is 25.3 Å². The highest BCUT2D eigenvalue weighted by Crippen LogP contribution is 2.38. The molecule has 1 unspecified atom stereocenters. The van der Waals surface area contributed by atoms with Crippen molar-refractivity contribution in [3.05, 3.63) is 0 Å². The summed E-state index contributed by atoms with van der Waals surface area (Å²) in [7, 11) is 1.91. The van der Waals surface area contributed by atoms with Crippen LogP contribution in [0.2, 0.25) is 0 Å². The average molecular weight is 241 g/mol. The summed E-state index contributed by atoms with van der Waals surface area (Å²) in [5, 5.41) is 3.72. The van der Waals surface area contributed by atoms with Crippen LogP contribution in [-0.2, 0) is 4.74 Å². The Morgan fingerprint density at radius 1 is 1.06 bits per heavy atom. The van der Waals surface area contributed by atoms with Crippen molar-refractivity contribution in [1.29, 1.82) is 0 Å². The molecule has 0 amide bonds. The van der Waals surface area contributed by atoms with Crippen LogP contribution in [0.25, 0.3) is 0 Å². The first-order valence-corrected chi connectivity index (χ1v) is 7.52. The molecule has 0 aromatic carbocycles. The standard InChI is InChI=1S/C15H31NO/c1-5-13(6-2)14(16-7-3)15(17-4)11-9-8-10-12-15/h13-14,16H,5-12H2,1-4H3. The second kappa shape index (κ2) is 7.38. The SMILES string of the molecule is CCNC(C(CC)CC)C1(OC)CCCCC1. The Kier molecular flexibility index (Phi) is 6.50. The molecule has 1 saturated carbocycles. The van der Waals surface area contributed by atoms with Crippen LogP contribution in [0, 0.1) is 5.92 Å². The number of rotatable bonds is 7. The van der Waals surface area contributed by atoms with Crippen LogP contribution >= 0.6 is 0 Å². The van der Waals surface area contributed by atoms with Crippen LogP contribution in [0.1, 0.15) is 65.7 Å². The fourth-order valence-electron chi connectivity index (χ4n) is 3.55. The van der Waals surface area contributed by atoms with Crippen molar-refractivity contribution in [1.82, 2.24) is 5.32 Å². The predicted molar refractivity (Wildman–Crippen MR) is 74.4 cm³/mol. The fourth-order valence-corrected chi connectivity index (χ4v) is 3.55. The molecule has 0 radical (unpaired) electrons. The minimum atomic E-state index is 0.102. The zero-order valence-electron chi connectivity index (χ0n) is 12.2. The van der Waals surface area contributed by atoms with Crippen molar-refractivity contribution in [3.8, 4) is 0 Å². The maximum absolute atomic E-state index is 6.02. The van der Waals surface area contributed by atoms with Crippen LogP contribution < -0.4 is 5.32 Å². The van der Waals surface area contributed by atoms with E-state index in [1.807, 2.05) is 7.11 Å². The molecule has 0 heterocycles. The number of hydrogen-bond acceptors (Lipinski definition) is 2. The summed E-state index contributed by atoms with van der Waals surface area (Å²) < 4.78 is 6.02. The van der Waals surface area contributed by atoms with Crippen molar-refractivity contribution < 1.29 is 4.74 Å². The van der Waals surface area contributed by atoms with Gasteiger partial charge >= 0.3 is 0 Å². The zero-order chi connectivity index (χ0) is 12.7. The summed E-state index contributed by atoms with van der Waals surface area (Å²) >= 11 is 0. The number of ether oxygens (including phenoxy) is 1. The molecule has 102 valence electrons. The summed E-state index contributed by atoms with van der Waals surface area (Å²) in [6.45, 7) is 7.88. The summed E-state index contributed by atoms with van der Waals surface area (Å²) in [5.74, 6) is 0.744. The van der Waals surface area contributed by atoms with Crippen molar-refractivity contribution >= 4 is 0 Å². The second-order valence-corrected chi connectivity index (χ2v) is 5.44. The number of nitrogens with one attached hydrogen (secondary N) is 1. The maximum Gasteiger partial charge on any atom is 0.0833 e. The van der Waals surface area contributed by atoms with E-state index in [9.17, 15) is 0 Å². The van der Waals surface area contributed by atoms with Gasteiger partial charge in [0.2, 0.25) is 0 Å². The van der Waals surface area contributed by atoms with Crippen LogP contribution in [0.15, 0.2) is 0 Å². The van der Waals surface area contributed by atoms with E-state index in [0.29, 0.717) is 6.04 Å². The Balaban J connectivity index is 2.83. The molecule has 0 aliphatic heterocycles. The second-order valence-electron chi connectivity index (χ2n) is 5.44. The first kappa shape index (κ1) is 15.0. The Morgan fingerprint density at radius 2 is 1.65 bits per heavy atom. The predicted octanol–water partition coefficient (Wildman–Crippen LogP) is 3.75. The largest absolute Gasteiger partial charge is 0.377 e. The zero-order valence-corrected chi connectivity index (χ0v) is 12.2. The molecular formula is C15H31NO. The molecule has 1 fully saturated rings. The van der Waals surface area contributed by atoms with Crippen LogP contribution in [0.4, 0.5) is 0 Å². The molecule has 17 heavy (non-hydrogen) atoms. The van der Waals surface area contributed by atoms with E-state index in [2.05, 4.69) is 26.1 Å². The van der Waals surface area contributed by atoms with E-state index in [4.69, 9.17) is 4.74 Å². The molecule has 0 aromatic rings. The third-order valence-corrected chi connectivity index (χ3v) is 4.62. The van der Waals surface area contributed by atoms with Gasteiger partial charge in [-0.1, -0.05) is 52.9 Å². The van der Waals surface area contributed by atoms with E-state index < -0.39 is 0 Å². The molecule has 0 spiro atoms. The summed E-state index contributed by atoms with van der Waals surface area (Å²) in [6.07, 6.45) is 9.01. The van der Waals surface area contributed by atoms with E-state index >= 15 is 0 Å². The lowest BCUT2D eigenvalue weighted by atomic mass is 9.73. The minimum absolute atomic E-state index is 0.102. The van der Waals surface area contributed by atoms with E-state index in [-0.39, 0.29) is 5.60 Å². The van der Waals surface area contributed by atoms with Crippen LogP contribution in [0.3, 0.4) is 0 Å². The molecule has 1 rings (SSSR count). The molecule has 1 atom stereocenters. The topological polar surface area (TPSA) is 21.3 Å². The lowest BCUT2D eigenvalue weighted by molar-refractivity contribution is -0.0821. The lowest BCUT2D eigenvalue weighted by Gasteiger charge is -2.46. The van der Waals surface area contributed by atoms with Crippen molar-refractivity contribution in [3.63, 3.8) is 0 Å². The molecule has 2 nitrogen and oxygen atoms in total. The third kappa shape index (κ3) is 3.45. The lowest BCUT2D eigenvalue weighted by Crippen LogP contribution is -2.56. The molecule has 1 aliphatic carbocycles. The molecule has 0 aromatic heterocycles. The summed E-state index contributed by atoms with van der Waals surface area (Å²) in [4.78, 5) is 0. The van der Waals surface area contributed by atoms with Crippen molar-refractivity contribution in [2.75, 3.05) is 13.7 Å². The van der Waals surface area contributed by atoms with Crippen molar-refractivity contribution in [2.45, 2.75) is 77.4 Å². The molecular weight excluding hydrogens is 210 g/mol. The molecule has 1 aliphatic rings. The maximum atomic E-state index is 6.02. The quantitative estimate of drug-likeness (QED) is 0.733. The van der Waals surface area contributed by atoms with Gasteiger partial charge in [-0.3, -0.25) is 0 Å². The Labute approximate surface area is 108 Å². The fraction of sp³-hybridized carbons (Fsp3) is 1.00. The van der Waals surface area contributed by atoms with Gasteiger partial charge in [-0.2, -0.15) is 0 Å². The minimum Gasteiger partial charge on any atom is -0.377 e. The number of likely N-dealkylation sites (N-methyl/N-ethyl adjacent to an activating group) is 1. The van der Waals surface area contributed by atoms with Gasteiger partial charge in [-0.05, 0) is 25.3 Å². The number of hydrogen-bond donors (Lipinski definition) is 1. The van der Waals surface area contributed by atoms with Gasteiger partial charge in [-0.15, -0.1) is 0 Å². The Hall–Kier alpha value is -0.0800. The van der Waals surface area contributed by atoms with E-state index in [0.717, 1.165) is 12.5 Å². The first-order chi connectivity index (χ1) is 8.24. The summed E-state index contributed by atoms with van der Waals surface area (Å²) in [5.41, 5.74) is 0.102. The summed E-state index contributed by atoms with van der Waals surface area (Å²) in [6, 6.07) is 0.535. The highest BCUT2D eigenvalue weighted by atomic mass is 16.5. The molecule has 0 bridgehead atoms. The smallest absolute Gasteiger partial charge is 0.0833 e. The van der Waals surface area contributed by atoms with Gasteiger partial charge in [-0.25, -0.2) is 0 Å². The van der Waals surface area contributed by atoms with Crippen LogP contribution in [0.5, 0.6) is 0 Å².